The van der Waals surface area contributed by atoms with Gasteiger partial charge >= 0.3 is 0 Å². The fourth-order valence-electron chi connectivity index (χ4n) is 11.8. The van der Waals surface area contributed by atoms with Gasteiger partial charge in [-0.25, -0.2) is 29.9 Å². The summed E-state index contributed by atoms with van der Waals surface area (Å²) in [7, 11) is 0. The minimum absolute atomic E-state index is 0.283. The molecule has 12 aromatic rings. The number of nitrogens with zero attached hydrogens (tertiary/aromatic N) is 8. The summed E-state index contributed by atoms with van der Waals surface area (Å²) in [6.45, 7) is 9.29. The minimum atomic E-state index is -0.283. The van der Waals surface area contributed by atoms with E-state index in [1.165, 1.54) is 22.3 Å². The molecule has 78 heavy (non-hydrogen) atoms. The average Bonchev–Trinajstić information content (AvgIpc) is 3.69. The Hall–Kier alpha value is -9.92. The van der Waals surface area contributed by atoms with Gasteiger partial charge in [-0.05, 0) is 81.6 Å². The van der Waals surface area contributed by atoms with Crippen molar-refractivity contribution in [3.8, 4) is 68.3 Å². The zero-order chi connectivity index (χ0) is 52.5. The summed E-state index contributed by atoms with van der Waals surface area (Å²) in [5.41, 5.74) is 15.8. The predicted molar refractivity (Wildman–Crippen MR) is 317 cm³/mol. The maximum atomic E-state index is 5.49. The quantitative estimate of drug-likeness (QED) is 0.149. The van der Waals surface area contributed by atoms with Crippen molar-refractivity contribution in [2.75, 3.05) is 9.80 Å². The Morgan fingerprint density at radius 3 is 0.756 bits per heavy atom. The topological polar surface area (TPSA) is 83.8 Å². The van der Waals surface area contributed by atoms with E-state index in [2.05, 4.69) is 207 Å². The van der Waals surface area contributed by atoms with E-state index in [9.17, 15) is 0 Å². The number of hydrogen-bond donors (Lipinski definition) is 0. The molecule has 0 atom stereocenters. The molecule has 10 aromatic carbocycles. The van der Waals surface area contributed by atoms with Gasteiger partial charge in [-0.1, -0.05) is 222 Å². The van der Waals surface area contributed by atoms with Crippen molar-refractivity contribution >= 4 is 44.9 Å². The number of benzene rings is 10. The first-order valence-corrected chi connectivity index (χ1v) is 26.5. The van der Waals surface area contributed by atoms with Gasteiger partial charge in [0.2, 0.25) is 0 Å². The predicted octanol–water partition coefficient (Wildman–Crippen LogP) is 17.4. The Labute approximate surface area is 454 Å². The minimum Gasteiger partial charge on any atom is -0.310 e. The lowest BCUT2D eigenvalue weighted by Gasteiger charge is -2.42. The molecular weight excluding hydrogens is 953 g/mol. The van der Waals surface area contributed by atoms with Gasteiger partial charge in [0, 0.05) is 55.6 Å². The van der Waals surface area contributed by atoms with Crippen molar-refractivity contribution in [1.82, 2.24) is 29.9 Å². The van der Waals surface area contributed by atoms with Crippen LogP contribution >= 0.6 is 0 Å². The molecule has 0 saturated heterocycles. The van der Waals surface area contributed by atoms with Gasteiger partial charge in [-0.2, -0.15) is 0 Å². The number of fused-ring (bicyclic) bond motifs is 5. The first kappa shape index (κ1) is 46.6. The maximum Gasteiger partial charge on any atom is 0.164 e. The van der Waals surface area contributed by atoms with Crippen LogP contribution in [-0.2, 0) is 10.8 Å². The molecule has 0 radical (unpaired) electrons. The molecule has 0 amide bonds. The summed E-state index contributed by atoms with van der Waals surface area (Å²) in [6, 6.07) is 85.1. The highest BCUT2D eigenvalue weighted by Gasteiger charge is 2.39. The average molecular weight is 1010 g/mol. The summed E-state index contributed by atoms with van der Waals surface area (Å²) in [5, 5.41) is 1.83. The molecular formula is C70H52N8. The second kappa shape index (κ2) is 18.4. The van der Waals surface area contributed by atoms with E-state index >= 15 is 0 Å². The van der Waals surface area contributed by atoms with Crippen LogP contribution in [0.15, 0.2) is 243 Å². The van der Waals surface area contributed by atoms with Gasteiger partial charge in [-0.3, -0.25) is 0 Å². The van der Waals surface area contributed by atoms with Crippen LogP contribution in [0.1, 0.15) is 49.9 Å². The molecule has 372 valence electrons. The van der Waals surface area contributed by atoms with E-state index in [0.29, 0.717) is 34.9 Å². The Morgan fingerprint density at radius 2 is 0.487 bits per heavy atom. The molecule has 0 bridgehead atoms. The number of hydrogen-bond acceptors (Lipinski definition) is 8. The maximum absolute atomic E-state index is 5.49. The molecule has 0 N–H and O–H groups in total. The van der Waals surface area contributed by atoms with Crippen molar-refractivity contribution in [3.05, 3.63) is 265 Å². The summed E-state index contributed by atoms with van der Waals surface area (Å²) in [6.07, 6.45) is 0. The lowest BCUT2D eigenvalue weighted by Crippen LogP contribution is -2.30. The first-order valence-electron chi connectivity index (χ1n) is 26.5. The second-order valence-electron chi connectivity index (χ2n) is 21.1. The first-order chi connectivity index (χ1) is 38.2. The van der Waals surface area contributed by atoms with Gasteiger partial charge < -0.3 is 9.80 Å². The molecule has 0 spiro atoms. The van der Waals surface area contributed by atoms with E-state index in [4.69, 9.17) is 29.9 Å². The van der Waals surface area contributed by atoms with Crippen LogP contribution in [0.25, 0.3) is 79.1 Å². The Kier molecular flexibility index (Phi) is 11.0. The fourth-order valence-corrected chi connectivity index (χ4v) is 11.8. The number of rotatable bonds is 8. The van der Waals surface area contributed by atoms with Crippen LogP contribution in [0.2, 0.25) is 0 Å². The third kappa shape index (κ3) is 7.75. The SMILES string of the molecule is CC1(C)c2ccccc2N(c2cc(-c3nc(-c4ccccc4)nc(-c4ccccc4)n3)c3cc(N4c5ccccc5C(C)(C)c5ccccc54)cc(-c4nc(-c5ccccc5)nc(-c5ccccc5)n4)c3c2)c2ccccc21. The molecule has 8 nitrogen and oxygen atoms in total. The highest BCUT2D eigenvalue weighted by atomic mass is 15.2. The van der Waals surface area contributed by atoms with E-state index in [1.54, 1.807) is 0 Å². The Morgan fingerprint density at radius 1 is 0.256 bits per heavy atom. The van der Waals surface area contributed by atoms with E-state index in [1.807, 2.05) is 72.8 Å². The molecule has 8 heteroatoms. The van der Waals surface area contributed by atoms with Gasteiger partial charge in [0.1, 0.15) is 0 Å². The van der Waals surface area contributed by atoms with Gasteiger partial charge in [0.05, 0.1) is 22.7 Å². The molecule has 2 aromatic heterocycles. The number of para-hydroxylation sites is 4. The van der Waals surface area contributed by atoms with E-state index < -0.39 is 0 Å². The van der Waals surface area contributed by atoms with Crippen LogP contribution < -0.4 is 9.80 Å². The number of anilines is 6. The van der Waals surface area contributed by atoms with E-state index in [0.717, 1.165) is 78.3 Å². The van der Waals surface area contributed by atoms with Crippen LogP contribution in [0.3, 0.4) is 0 Å². The lowest BCUT2D eigenvalue weighted by atomic mass is 9.73. The summed E-state index contributed by atoms with van der Waals surface area (Å²) >= 11 is 0. The smallest absolute Gasteiger partial charge is 0.164 e. The molecule has 0 aliphatic carbocycles. The summed E-state index contributed by atoms with van der Waals surface area (Å²) in [4.78, 5) is 37.2. The zero-order valence-electron chi connectivity index (χ0n) is 43.7. The highest BCUT2D eigenvalue weighted by Crippen LogP contribution is 2.56. The van der Waals surface area contributed by atoms with Crippen molar-refractivity contribution in [1.29, 1.82) is 0 Å². The fraction of sp³-hybridized carbons (Fsp3) is 0.0857. The standard InChI is InChI=1S/C70H52N8/c1-69(2)55-33-17-21-37-59(55)77(60-38-22-18-34-56(60)69)49-41-51-52(53(43-49)67-73-63(45-25-9-5-10-26-45)71-64(74-67)46-27-11-6-12-28-46)42-50(78-61-39-23-19-35-57(61)70(3,4)58-36-20-24-40-62(58)78)44-54(51)68-75-65(47-29-13-7-14-30-47)72-66(76-68)48-31-15-8-16-32-48/h5-44H,1-4H3. The molecule has 0 unspecified atom stereocenters. The largest absolute Gasteiger partial charge is 0.310 e. The van der Waals surface area contributed by atoms with Crippen molar-refractivity contribution in [3.63, 3.8) is 0 Å². The summed E-state index contributed by atoms with van der Waals surface area (Å²) < 4.78 is 0. The van der Waals surface area contributed by atoms with Gasteiger partial charge in [0.25, 0.3) is 0 Å². The highest BCUT2D eigenvalue weighted by molar-refractivity contribution is 6.09. The second-order valence-corrected chi connectivity index (χ2v) is 21.1. The van der Waals surface area contributed by atoms with Gasteiger partial charge in [-0.15, -0.1) is 0 Å². The van der Waals surface area contributed by atoms with Crippen LogP contribution in [0.5, 0.6) is 0 Å². The van der Waals surface area contributed by atoms with Crippen molar-refractivity contribution in [2.24, 2.45) is 0 Å². The number of aromatic nitrogens is 6. The monoisotopic (exact) mass is 1000 g/mol. The van der Waals surface area contributed by atoms with Crippen molar-refractivity contribution < 1.29 is 0 Å². The molecule has 2 aliphatic heterocycles. The van der Waals surface area contributed by atoms with Crippen molar-refractivity contribution in [2.45, 2.75) is 38.5 Å². The lowest BCUT2D eigenvalue weighted by molar-refractivity contribution is 0.631. The Bertz CT molecular complexity index is 3780. The third-order valence-electron chi connectivity index (χ3n) is 15.7. The molecule has 0 fully saturated rings. The molecule has 14 rings (SSSR count). The summed E-state index contributed by atoms with van der Waals surface area (Å²) in [5.74, 6) is 3.35. The molecule has 2 aliphatic rings. The van der Waals surface area contributed by atoms with Crippen LogP contribution in [-0.4, -0.2) is 29.9 Å². The Balaban J connectivity index is 1.15. The van der Waals surface area contributed by atoms with Gasteiger partial charge in [0.15, 0.2) is 34.9 Å². The third-order valence-corrected chi connectivity index (χ3v) is 15.7. The van der Waals surface area contributed by atoms with Crippen LogP contribution in [0, 0.1) is 0 Å². The normalized spacial score (nSPS) is 13.8. The molecule has 0 saturated carbocycles. The van der Waals surface area contributed by atoms with E-state index in [-0.39, 0.29) is 10.8 Å². The van der Waals surface area contributed by atoms with Crippen LogP contribution in [0.4, 0.5) is 34.1 Å². The molecule has 4 heterocycles. The zero-order valence-corrected chi connectivity index (χ0v) is 43.7.